The van der Waals surface area contributed by atoms with Gasteiger partial charge in [-0.25, -0.2) is 8.42 Å². The van der Waals surface area contributed by atoms with Gasteiger partial charge in [-0.05, 0) is 6.26 Å². The number of nitrogens with zero attached hydrogens (tertiary/aromatic N) is 1. The molecular formula is C3H8NO3S2-. The van der Waals surface area contributed by atoms with E-state index in [0.717, 1.165) is 12.5 Å². The van der Waals surface area contributed by atoms with Gasteiger partial charge in [-0.3, -0.25) is 4.21 Å². The van der Waals surface area contributed by atoms with Gasteiger partial charge in [-0.15, -0.1) is 9.71 Å². The Morgan fingerprint density at radius 3 is 1.56 bits per heavy atom. The molecule has 0 aliphatic rings. The Balaban J connectivity index is 4.46. The summed E-state index contributed by atoms with van der Waals surface area (Å²) in [7, 11) is -6.24. The maximum absolute atomic E-state index is 10.5. The number of hydrogen-bond acceptors (Lipinski definition) is 3. The lowest BCUT2D eigenvalue weighted by Crippen LogP contribution is -2.01. The SMILES string of the molecule is C=S(C)(=O)[N-]S(C)(=O)=O. The molecule has 1 unspecified atom stereocenters. The summed E-state index contributed by atoms with van der Waals surface area (Å²) >= 11 is 0. The smallest absolute Gasteiger partial charge is 0.0779 e. The van der Waals surface area contributed by atoms with Gasteiger partial charge in [0.2, 0.25) is 0 Å². The molecule has 4 nitrogen and oxygen atoms in total. The molecule has 0 aliphatic heterocycles. The second-order valence-electron chi connectivity index (χ2n) is 1.77. The zero-order valence-corrected chi connectivity index (χ0v) is 6.83. The monoisotopic (exact) mass is 170 g/mol. The second-order valence-corrected chi connectivity index (χ2v) is 5.75. The minimum absolute atomic E-state index is 0.876. The van der Waals surface area contributed by atoms with E-state index in [-0.39, 0.29) is 0 Å². The van der Waals surface area contributed by atoms with Crippen LogP contribution in [-0.2, 0) is 19.7 Å². The van der Waals surface area contributed by atoms with Gasteiger partial charge in [-0.2, -0.15) is 0 Å². The Hall–Kier alpha value is -0.0700. The van der Waals surface area contributed by atoms with Crippen LogP contribution >= 0.6 is 0 Å². The van der Waals surface area contributed by atoms with E-state index in [0.29, 0.717) is 0 Å². The van der Waals surface area contributed by atoms with Crippen molar-refractivity contribution in [3.63, 3.8) is 0 Å². The molecule has 0 saturated carbocycles. The lowest BCUT2D eigenvalue weighted by Gasteiger charge is -2.17. The van der Waals surface area contributed by atoms with E-state index in [1.54, 1.807) is 0 Å². The Bertz CT molecular complexity index is 242. The molecule has 0 spiro atoms. The molecule has 0 bridgehead atoms. The fourth-order valence-corrected chi connectivity index (χ4v) is 2.58. The molecule has 0 radical (unpaired) electrons. The van der Waals surface area contributed by atoms with E-state index in [1.807, 2.05) is 0 Å². The van der Waals surface area contributed by atoms with Crippen molar-refractivity contribution >= 4 is 25.6 Å². The van der Waals surface area contributed by atoms with E-state index in [2.05, 4.69) is 10.00 Å². The lowest BCUT2D eigenvalue weighted by molar-refractivity contribution is 0.609. The van der Waals surface area contributed by atoms with E-state index < -0.39 is 19.7 Å². The van der Waals surface area contributed by atoms with Crippen LogP contribution in [-0.4, -0.2) is 31.0 Å². The maximum Gasteiger partial charge on any atom is 0.0779 e. The molecule has 9 heavy (non-hydrogen) atoms. The van der Waals surface area contributed by atoms with Crippen molar-refractivity contribution in [2.24, 2.45) is 0 Å². The van der Waals surface area contributed by atoms with Crippen LogP contribution in [0, 0.1) is 0 Å². The van der Waals surface area contributed by atoms with Crippen molar-refractivity contribution in [3.05, 3.63) is 4.13 Å². The normalized spacial score (nSPS) is 18.9. The number of rotatable bonds is 2. The first-order valence-corrected chi connectivity index (χ1v) is 5.91. The number of hydrogen-bond donors (Lipinski definition) is 0. The van der Waals surface area contributed by atoms with Crippen LogP contribution in [0.3, 0.4) is 0 Å². The molecule has 0 fully saturated rings. The van der Waals surface area contributed by atoms with E-state index in [1.165, 1.54) is 0 Å². The molecule has 0 heterocycles. The third kappa shape index (κ3) is 7.93. The van der Waals surface area contributed by atoms with Gasteiger partial charge >= 0.3 is 0 Å². The number of sulfonamides is 1. The van der Waals surface area contributed by atoms with Gasteiger partial charge in [0.15, 0.2) is 0 Å². The Kier molecular flexibility index (Phi) is 2.26. The molecular weight excluding hydrogens is 162 g/mol. The fraction of sp³-hybridized carbons (Fsp3) is 0.667. The summed E-state index contributed by atoms with van der Waals surface area (Å²) in [6.07, 6.45) is 2.04. The molecule has 0 aromatic carbocycles. The molecule has 56 valence electrons. The van der Waals surface area contributed by atoms with Crippen LogP contribution in [0.2, 0.25) is 0 Å². The average Bonchev–Trinajstić information content (AvgIpc) is 1.14. The topological polar surface area (TPSA) is 65.3 Å². The third-order valence-corrected chi connectivity index (χ3v) is 2.64. The predicted octanol–water partition coefficient (Wildman–Crippen LogP) is -0.419. The van der Waals surface area contributed by atoms with Gasteiger partial charge in [0, 0.05) is 6.26 Å². The summed E-state index contributed by atoms with van der Waals surface area (Å²) in [5.41, 5.74) is 0. The van der Waals surface area contributed by atoms with Crippen molar-refractivity contribution in [1.82, 2.24) is 0 Å². The largest absolute Gasteiger partial charge is 0.470 e. The summed E-state index contributed by atoms with van der Waals surface area (Å²) in [6, 6.07) is 0. The van der Waals surface area contributed by atoms with Gasteiger partial charge in [-0.1, -0.05) is 5.87 Å². The molecule has 0 rings (SSSR count). The molecule has 0 aromatic rings. The zero-order valence-electron chi connectivity index (χ0n) is 5.20. The van der Waals surface area contributed by atoms with Crippen LogP contribution in [0.15, 0.2) is 0 Å². The molecule has 0 N–H and O–H groups in total. The van der Waals surface area contributed by atoms with Crippen molar-refractivity contribution < 1.29 is 12.6 Å². The second kappa shape index (κ2) is 2.28. The molecule has 0 amide bonds. The molecule has 0 aliphatic carbocycles. The molecule has 6 heteroatoms. The molecule has 0 saturated heterocycles. The van der Waals surface area contributed by atoms with Crippen LogP contribution in [0.5, 0.6) is 0 Å². The predicted molar refractivity (Wildman–Crippen MR) is 39.4 cm³/mol. The van der Waals surface area contributed by atoms with Crippen LogP contribution in [0.25, 0.3) is 4.13 Å². The van der Waals surface area contributed by atoms with Gasteiger partial charge < -0.3 is 4.13 Å². The first-order valence-electron chi connectivity index (χ1n) is 1.97. The van der Waals surface area contributed by atoms with Crippen molar-refractivity contribution in [2.45, 2.75) is 0 Å². The summed E-state index contributed by atoms with van der Waals surface area (Å²) in [5.74, 6) is 3.04. The highest BCUT2D eigenvalue weighted by Crippen LogP contribution is 2.03. The summed E-state index contributed by atoms with van der Waals surface area (Å²) in [6.45, 7) is 0. The highest BCUT2D eigenvalue weighted by atomic mass is 32.3. The average molecular weight is 170 g/mol. The first kappa shape index (κ1) is 8.93. The highest BCUT2D eigenvalue weighted by Gasteiger charge is 1.87. The van der Waals surface area contributed by atoms with Gasteiger partial charge in [0.05, 0.1) is 10.0 Å². The lowest BCUT2D eigenvalue weighted by atomic mass is 11.9. The summed E-state index contributed by atoms with van der Waals surface area (Å²) in [4.78, 5) is 0. The molecule has 1 atom stereocenters. The Labute approximate surface area is 55.5 Å². The van der Waals surface area contributed by atoms with Crippen molar-refractivity contribution in [2.75, 3.05) is 12.5 Å². The minimum Gasteiger partial charge on any atom is -0.470 e. The van der Waals surface area contributed by atoms with Gasteiger partial charge in [0.1, 0.15) is 0 Å². The standard InChI is InChI=1S/C3H8NO3S2/c1-8(2,5)4-9(3,6)7/h1H2,2-3H3/q-1. The van der Waals surface area contributed by atoms with Gasteiger partial charge in [0.25, 0.3) is 0 Å². The minimum atomic E-state index is -3.49. The zero-order chi connectivity index (χ0) is 7.71. The van der Waals surface area contributed by atoms with Crippen molar-refractivity contribution in [1.29, 1.82) is 0 Å². The van der Waals surface area contributed by atoms with Crippen molar-refractivity contribution in [3.8, 4) is 0 Å². The van der Waals surface area contributed by atoms with Crippen LogP contribution in [0.1, 0.15) is 0 Å². The van der Waals surface area contributed by atoms with E-state index in [9.17, 15) is 12.6 Å². The fourth-order valence-electron chi connectivity index (χ4n) is 0.286. The van der Waals surface area contributed by atoms with Crippen LogP contribution in [0.4, 0.5) is 0 Å². The summed E-state index contributed by atoms with van der Waals surface area (Å²) < 4.78 is 34.0. The molecule has 0 aromatic heterocycles. The highest BCUT2D eigenvalue weighted by molar-refractivity contribution is 8.16. The quantitative estimate of drug-likeness (QED) is 0.529. The Morgan fingerprint density at radius 2 is 1.56 bits per heavy atom. The third-order valence-electron chi connectivity index (χ3n) is 0.293. The van der Waals surface area contributed by atoms with E-state index in [4.69, 9.17) is 0 Å². The van der Waals surface area contributed by atoms with E-state index >= 15 is 0 Å². The van der Waals surface area contributed by atoms with Crippen LogP contribution < -0.4 is 0 Å². The summed E-state index contributed by atoms with van der Waals surface area (Å²) in [5, 5.41) is 0. The first-order chi connectivity index (χ1) is 3.71. The Morgan fingerprint density at radius 1 is 1.22 bits per heavy atom. The maximum atomic E-state index is 10.5.